The zero-order valence-corrected chi connectivity index (χ0v) is 18.2. The van der Waals surface area contributed by atoms with Crippen molar-refractivity contribution in [2.24, 2.45) is 5.73 Å². The first-order chi connectivity index (χ1) is 15.4. The number of rotatable bonds is 5. The Kier molecular flexibility index (Phi) is 5.70. The lowest BCUT2D eigenvalue weighted by Gasteiger charge is -2.11. The van der Waals surface area contributed by atoms with E-state index in [9.17, 15) is 14.4 Å². The van der Waals surface area contributed by atoms with Crippen LogP contribution in [0, 0.1) is 6.92 Å². The van der Waals surface area contributed by atoms with Crippen molar-refractivity contribution in [3.05, 3.63) is 82.2 Å². The maximum atomic E-state index is 13.3. The Morgan fingerprint density at radius 3 is 2.41 bits per heavy atom. The van der Waals surface area contributed by atoms with Crippen LogP contribution in [0.25, 0.3) is 22.2 Å². The number of hydrogen-bond acceptors (Lipinski definition) is 6. The van der Waals surface area contributed by atoms with Gasteiger partial charge in [0.15, 0.2) is 0 Å². The minimum atomic E-state index is -0.742. The number of fused-ring (bicyclic) bond motifs is 1. The van der Waals surface area contributed by atoms with Gasteiger partial charge in [-0.1, -0.05) is 48.5 Å². The first-order valence-corrected chi connectivity index (χ1v) is 10.5. The number of carbonyl (C=O) groups excluding carboxylic acids is 3. The van der Waals surface area contributed by atoms with Gasteiger partial charge in [-0.3, -0.25) is 9.59 Å². The van der Waals surface area contributed by atoms with E-state index in [0.29, 0.717) is 27.7 Å². The number of esters is 1. The van der Waals surface area contributed by atoms with Crippen molar-refractivity contribution < 1.29 is 19.1 Å². The first-order valence-electron chi connectivity index (χ1n) is 9.68. The van der Waals surface area contributed by atoms with Gasteiger partial charge in [0.05, 0.1) is 29.4 Å². The smallest absolute Gasteiger partial charge is 0.348 e. The molecule has 4 rings (SSSR count). The number of carbonyl (C=O) groups is 3. The standard InChI is InChI=1S/C24H19N3O4S/c1-13-19(21(25)28)23(32-20(13)24(30)31-2)27-22(29)16-12-18(14-8-4-3-5-9-14)26-17-11-7-6-10-15(16)17/h3-12H,1-2H3,(H2,25,28)(H,27,29). The lowest BCUT2D eigenvalue weighted by atomic mass is 10.0. The number of primary amides is 1. The van der Waals surface area contributed by atoms with Gasteiger partial charge >= 0.3 is 5.97 Å². The monoisotopic (exact) mass is 445 g/mol. The molecule has 0 unspecified atom stereocenters. The number of methoxy groups -OCH3 is 1. The third kappa shape index (κ3) is 3.83. The van der Waals surface area contributed by atoms with Gasteiger partial charge in [-0.25, -0.2) is 9.78 Å². The molecule has 4 aromatic rings. The number of benzene rings is 2. The molecule has 8 heteroatoms. The molecule has 3 N–H and O–H groups in total. The Hall–Kier alpha value is -4.04. The quantitative estimate of drug-likeness (QED) is 0.442. The fourth-order valence-corrected chi connectivity index (χ4v) is 4.60. The van der Waals surface area contributed by atoms with Gasteiger partial charge in [0.2, 0.25) is 0 Å². The minimum Gasteiger partial charge on any atom is -0.465 e. The van der Waals surface area contributed by atoms with E-state index in [-0.39, 0.29) is 15.4 Å². The van der Waals surface area contributed by atoms with Gasteiger partial charge in [-0.05, 0) is 24.6 Å². The molecule has 0 radical (unpaired) electrons. The van der Waals surface area contributed by atoms with Crippen LogP contribution in [0.1, 0.15) is 36.0 Å². The number of anilines is 1. The third-order valence-corrected chi connectivity index (χ3v) is 6.21. The van der Waals surface area contributed by atoms with Gasteiger partial charge in [-0.15, -0.1) is 11.3 Å². The summed E-state index contributed by atoms with van der Waals surface area (Å²) in [5.41, 5.74) is 8.54. The van der Waals surface area contributed by atoms with E-state index in [1.807, 2.05) is 48.5 Å². The highest BCUT2D eigenvalue weighted by atomic mass is 32.1. The second kappa shape index (κ2) is 8.60. The number of para-hydroxylation sites is 1. The topological polar surface area (TPSA) is 111 Å². The molecule has 0 aliphatic carbocycles. The predicted octanol–water partition coefficient (Wildman–Crippen LogP) is 4.41. The van der Waals surface area contributed by atoms with E-state index in [4.69, 9.17) is 10.5 Å². The molecule has 32 heavy (non-hydrogen) atoms. The summed E-state index contributed by atoms with van der Waals surface area (Å²) in [5, 5.41) is 3.62. The number of amides is 2. The summed E-state index contributed by atoms with van der Waals surface area (Å²) in [6.07, 6.45) is 0. The summed E-state index contributed by atoms with van der Waals surface area (Å²) >= 11 is 0.953. The van der Waals surface area contributed by atoms with E-state index in [1.165, 1.54) is 7.11 Å². The molecule has 0 spiro atoms. The molecule has 0 aliphatic heterocycles. The number of nitrogens with zero attached hydrogens (tertiary/aromatic N) is 1. The van der Waals surface area contributed by atoms with Crippen LogP contribution in [0.4, 0.5) is 5.00 Å². The van der Waals surface area contributed by atoms with Gasteiger partial charge in [0.25, 0.3) is 11.8 Å². The molecule has 0 saturated carbocycles. The average Bonchev–Trinajstić information content (AvgIpc) is 3.14. The Balaban J connectivity index is 1.82. The maximum Gasteiger partial charge on any atom is 0.348 e. The van der Waals surface area contributed by atoms with Crippen LogP contribution in [-0.4, -0.2) is 29.9 Å². The zero-order valence-electron chi connectivity index (χ0n) is 17.3. The summed E-state index contributed by atoms with van der Waals surface area (Å²) in [6, 6.07) is 18.5. The second-order valence-electron chi connectivity index (χ2n) is 7.01. The third-order valence-electron chi connectivity index (χ3n) is 5.02. The van der Waals surface area contributed by atoms with Crippen molar-refractivity contribution >= 4 is 45.0 Å². The van der Waals surface area contributed by atoms with Crippen molar-refractivity contribution in [2.45, 2.75) is 6.92 Å². The van der Waals surface area contributed by atoms with Crippen molar-refractivity contribution in [1.82, 2.24) is 4.98 Å². The summed E-state index contributed by atoms with van der Waals surface area (Å²) in [7, 11) is 1.25. The highest BCUT2D eigenvalue weighted by Gasteiger charge is 2.25. The Labute approximate surface area is 187 Å². The second-order valence-corrected chi connectivity index (χ2v) is 8.03. The van der Waals surface area contributed by atoms with Crippen molar-refractivity contribution in [3.8, 4) is 11.3 Å². The van der Waals surface area contributed by atoms with Crippen LogP contribution in [0.3, 0.4) is 0 Å². The number of nitrogens with one attached hydrogen (secondary N) is 1. The number of pyridine rings is 1. The molecular weight excluding hydrogens is 426 g/mol. The molecule has 160 valence electrons. The molecule has 2 aromatic carbocycles. The SMILES string of the molecule is COC(=O)c1sc(NC(=O)c2cc(-c3ccccc3)nc3ccccc23)c(C(N)=O)c1C. The molecule has 2 aromatic heterocycles. The van der Waals surface area contributed by atoms with Gasteiger partial charge in [0.1, 0.15) is 9.88 Å². The summed E-state index contributed by atoms with van der Waals surface area (Å²) in [5.74, 6) is -1.79. The number of hydrogen-bond donors (Lipinski definition) is 2. The van der Waals surface area contributed by atoms with E-state index >= 15 is 0 Å². The lowest BCUT2D eigenvalue weighted by Crippen LogP contribution is -2.18. The van der Waals surface area contributed by atoms with E-state index in [2.05, 4.69) is 10.3 Å². The lowest BCUT2D eigenvalue weighted by molar-refractivity contribution is 0.0605. The van der Waals surface area contributed by atoms with Crippen LogP contribution in [0.5, 0.6) is 0 Å². The summed E-state index contributed by atoms with van der Waals surface area (Å²) in [4.78, 5) is 42.4. The zero-order chi connectivity index (χ0) is 22.8. The van der Waals surface area contributed by atoms with E-state index in [0.717, 1.165) is 16.9 Å². The highest BCUT2D eigenvalue weighted by Crippen LogP contribution is 2.34. The van der Waals surface area contributed by atoms with Gasteiger partial charge < -0.3 is 15.8 Å². The molecule has 0 aliphatic rings. The Morgan fingerprint density at radius 1 is 1.03 bits per heavy atom. The minimum absolute atomic E-state index is 0.0883. The summed E-state index contributed by atoms with van der Waals surface area (Å²) < 4.78 is 4.78. The summed E-state index contributed by atoms with van der Waals surface area (Å²) in [6.45, 7) is 1.59. The predicted molar refractivity (Wildman–Crippen MR) is 124 cm³/mol. The Bertz CT molecular complexity index is 1360. The van der Waals surface area contributed by atoms with Crippen LogP contribution in [0.2, 0.25) is 0 Å². The largest absolute Gasteiger partial charge is 0.465 e. The Morgan fingerprint density at radius 2 is 1.72 bits per heavy atom. The van der Waals surface area contributed by atoms with Crippen LogP contribution < -0.4 is 11.1 Å². The molecular formula is C24H19N3O4S. The van der Waals surface area contributed by atoms with Crippen molar-refractivity contribution in [3.63, 3.8) is 0 Å². The molecule has 7 nitrogen and oxygen atoms in total. The van der Waals surface area contributed by atoms with Crippen LogP contribution in [0.15, 0.2) is 60.7 Å². The normalized spacial score (nSPS) is 10.7. The van der Waals surface area contributed by atoms with Crippen LogP contribution >= 0.6 is 11.3 Å². The fraction of sp³-hybridized carbons (Fsp3) is 0.0833. The molecule has 0 fully saturated rings. The highest BCUT2D eigenvalue weighted by molar-refractivity contribution is 7.18. The molecule has 0 saturated heterocycles. The average molecular weight is 446 g/mol. The van der Waals surface area contributed by atoms with Crippen molar-refractivity contribution in [2.75, 3.05) is 12.4 Å². The number of ether oxygens (including phenoxy) is 1. The van der Waals surface area contributed by atoms with Crippen LogP contribution in [-0.2, 0) is 4.74 Å². The molecule has 0 bridgehead atoms. The fourth-order valence-electron chi connectivity index (χ4n) is 3.48. The van der Waals surface area contributed by atoms with E-state index < -0.39 is 17.8 Å². The van der Waals surface area contributed by atoms with Gasteiger partial charge in [0, 0.05) is 10.9 Å². The molecule has 2 heterocycles. The molecule has 2 amide bonds. The van der Waals surface area contributed by atoms with Crippen molar-refractivity contribution in [1.29, 1.82) is 0 Å². The number of thiophene rings is 1. The number of nitrogens with two attached hydrogens (primary N) is 1. The maximum absolute atomic E-state index is 13.3. The molecule has 0 atom stereocenters. The number of aromatic nitrogens is 1. The first kappa shape index (κ1) is 21.2. The van der Waals surface area contributed by atoms with Gasteiger partial charge in [-0.2, -0.15) is 0 Å². The van der Waals surface area contributed by atoms with E-state index in [1.54, 1.807) is 19.1 Å².